The number of esters is 1. The summed E-state index contributed by atoms with van der Waals surface area (Å²) in [4.78, 5) is 38.3. The van der Waals surface area contributed by atoms with Gasteiger partial charge in [0.25, 0.3) is 0 Å². The van der Waals surface area contributed by atoms with E-state index in [1.807, 2.05) is 31.4 Å². The number of sulfone groups is 1. The molecule has 1 amide bonds. The van der Waals surface area contributed by atoms with Gasteiger partial charge in [-0.1, -0.05) is 18.2 Å². The number of likely N-dealkylation sites (tertiary alicyclic amines) is 1. The predicted molar refractivity (Wildman–Crippen MR) is 143 cm³/mol. The summed E-state index contributed by atoms with van der Waals surface area (Å²) in [6.07, 6.45) is 2.48. The van der Waals surface area contributed by atoms with Crippen LogP contribution in [-0.2, 0) is 30.7 Å². The third-order valence-electron chi connectivity index (χ3n) is 6.57. The standard InChI is InChI=1S/C27H31N5O6S/c1-17(33)37-16-21-29-22-23(32(21)18-11-14-31(15-12-18)26(34)38-27(2,3)4)20-10-13-28-24(20)30-25(22)39(35,36)19-8-6-5-7-9-19/h5-10,13,18H,11-12,14-16H2,1-4H3,(H,28,30). The number of H-pyrrole nitrogens is 1. The summed E-state index contributed by atoms with van der Waals surface area (Å²) in [5.74, 6) is -0.0636. The summed E-state index contributed by atoms with van der Waals surface area (Å²) >= 11 is 0. The number of fused-ring (bicyclic) bond motifs is 3. The first kappa shape index (κ1) is 26.7. The average Bonchev–Trinajstić information content (AvgIpc) is 3.51. The lowest BCUT2D eigenvalue weighted by molar-refractivity contribution is -0.142. The number of imidazole rings is 1. The molecule has 206 valence electrons. The Morgan fingerprint density at radius 2 is 1.77 bits per heavy atom. The van der Waals surface area contributed by atoms with Crippen molar-refractivity contribution in [2.45, 2.75) is 68.7 Å². The minimum Gasteiger partial charge on any atom is -0.458 e. The van der Waals surface area contributed by atoms with Gasteiger partial charge in [-0.25, -0.2) is 23.2 Å². The van der Waals surface area contributed by atoms with Crippen molar-refractivity contribution in [2.24, 2.45) is 0 Å². The monoisotopic (exact) mass is 553 g/mol. The molecule has 12 heteroatoms. The van der Waals surface area contributed by atoms with Gasteiger partial charge >= 0.3 is 12.1 Å². The second kappa shape index (κ2) is 9.99. The molecule has 0 saturated carbocycles. The first-order valence-corrected chi connectivity index (χ1v) is 14.2. The van der Waals surface area contributed by atoms with Crippen LogP contribution in [0, 0.1) is 0 Å². The molecule has 1 N–H and O–H groups in total. The van der Waals surface area contributed by atoms with Gasteiger partial charge < -0.3 is 23.9 Å². The zero-order valence-electron chi connectivity index (χ0n) is 22.3. The van der Waals surface area contributed by atoms with Gasteiger partial charge in [0.2, 0.25) is 9.84 Å². The van der Waals surface area contributed by atoms with Gasteiger partial charge in [-0.05, 0) is 51.8 Å². The molecule has 0 radical (unpaired) electrons. The summed E-state index contributed by atoms with van der Waals surface area (Å²) in [7, 11) is -4.02. The second-order valence-corrected chi connectivity index (χ2v) is 12.4. The molecule has 0 spiro atoms. The number of carbonyl (C=O) groups excluding carboxylic acids is 2. The largest absolute Gasteiger partial charge is 0.458 e. The van der Waals surface area contributed by atoms with E-state index >= 15 is 0 Å². The normalized spacial score (nSPS) is 15.1. The molecular formula is C27H31N5O6S. The molecule has 39 heavy (non-hydrogen) atoms. The van der Waals surface area contributed by atoms with E-state index in [4.69, 9.17) is 14.5 Å². The van der Waals surface area contributed by atoms with Crippen LogP contribution in [0.15, 0.2) is 52.5 Å². The number of pyridine rings is 1. The fourth-order valence-electron chi connectivity index (χ4n) is 4.88. The number of hydrogen-bond acceptors (Lipinski definition) is 8. The van der Waals surface area contributed by atoms with Gasteiger partial charge in [-0.2, -0.15) is 0 Å². The maximum Gasteiger partial charge on any atom is 0.410 e. The van der Waals surface area contributed by atoms with Crippen LogP contribution in [0.5, 0.6) is 0 Å². The maximum atomic E-state index is 13.7. The molecule has 0 aliphatic carbocycles. The zero-order chi connectivity index (χ0) is 27.9. The van der Waals surface area contributed by atoms with Crippen molar-refractivity contribution in [3.63, 3.8) is 0 Å². The summed E-state index contributed by atoms with van der Waals surface area (Å²) in [6, 6.07) is 9.78. The lowest BCUT2D eigenvalue weighted by Gasteiger charge is -2.34. The van der Waals surface area contributed by atoms with Crippen LogP contribution < -0.4 is 0 Å². The topological polar surface area (TPSA) is 136 Å². The second-order valence-electron chi connectivity index (χ2n) is 10.5. The molecular weight excluding hydrogens is 522 g/mol. The molecule has 0 bridgehead atoms. The molecule has 1 saturated heterocycles. The van der Waals surface area contributed by atoms with Gasteiger partial charge in [0.15, 0.2) is 5.03 Å². The highest BCUT2D eigenvalue weighted by molar-refractivity contribution is 7.91. The van der Waals surface area contributed by atoms with Crippen molar-refractivity contribution in [1.29, 1.82) is 0 Å². The van der Waals surface area contributed by atoms with E-state index in [0.717, 1.165) is 0 Å². The molecule has 1 fully saturated rings. The zero-order valence-corrected chi connectivity index (χ0v) is 23.1. The molecule has 3 aromatic heterocycles. The number of hydrogen-bond donors (Lipinski definition) is 1. The number of amides is 1. The SMILES string of the molecule is CC(=O)OCc1nc2c(S(=O)(=O)c3ccccc3)nc3[nH]ccc3c2n1C1CCN(C(=O)OC(C)(C)C)CC1. The lowest BCUT2D eigenvalue weighted by Crippen LogP contribution is -2.42. The molecule has 0 unspecified atom stereocenters. The van der Waals surface area contributed by atoms with Crippen LogP contribution in [-0.4, -0.2) is 63.6 Å². The minimum atomic E-state index is -4.02. The number of nitrogens with one attached hydrogen (secondary N) is 1. The number of aromatic nitrogens is 4. The third kappa shape index (κ3) is 5.20. The fourth-order valence-corrected chi connectivity index (χ4v) is 6.22. The number of nitrogens with zero attached hydrogens (tertiary/aromatic N) is 4. The van der Waals surface area contributed by atoms with Crippen molar-refractivity contribution in [3.05, 3.63) is 48.4 Å². The Labute approximate surface area is 226 Å². The molecule has 1 aliphatic heterocycles. The number of carbonyl (C=O) groups is 2. The van der Waals surface area contributed by atoms with Gasteiger partial charge in [-0.15, -0.1) is 0 Å². The smallest absolute Gasteiger partial charge is 0.410 e. The average molecular weight is 554 g/mol. The van der Waals surface area contributed by atoms with Crippen LogP contribution in [0.25, 0.3) is 22.1 Å². The Hall–Kier alpha value is -3.93. The molecule has 11 nitrogen and oxygen atoms in total. The summed E-state index contributed by atoms with van der Waals surface area (Å²) in [6.45, 7) is 7.55. The van der Waals surface area contributed by atoms with Gasteiger partial charge in [0.1, 0.15) is 29.2 Å². The van der Waals surface area contributed by atoms with Crippen LogP contribution in [0.4, 0.5) is 4.79 Å². The molecule has 1 aliphatic rings. The predicted octanol–water partition coefficient (Wildman–Crippen LogP) is 4.38. The van der Waals surface area contributed by atoms with Gasteiger partial charge in [0, 0.05) is 37.6 Å². The number of piperidine rings is 1. The Morgan fingerprint density at radius 1 is 1.08 bits per heavy atom. The van der Waals surface area contributed by atoms with Gasteiger partial charge in [-0.3, -0.25) is 4.79 Å². The highest BCUT2D eigenvalue weighted by Crippen LogP contribution is 2.36. The summed E-state index contributed by atoms with van der Waals surface area (Å²) in [5.41, 5.74) is 0.610. The van der Waals surface area contributed by atoms with Crippen LogP contribution >= 0.6 is 0 Å². The van der Waals surface area contributed by atoms with Crippen molar-refractivity contribution >= 4 is 44.0 Å². The van der Waals surface area contributed by atoms with Crippen LogP contribution in [0.2, 0.25) is 0 Å². The fraction of sp³-hybridized carbons (Fsp3) is 0.407. The van der Waals surface area contributed by atoms with E-state index in [1.165, 1.54) is 19.1 Å². The van der Waals surface area contributed by atoms with E-state index in [0.29, 0.717) is 48.3 Å². The molecule has 5 rings (SSSR count). The molecule has 1 aromatic carbocycles. The Morgan fingerprint density at radius 3 is 2.41 bits per heavy atom. The summed E-state index contributed by atoms with van der Waals surface area (Å²) in [5, 5.41) is 0.529. The quantitative estimate of drug-likeness (QED) is 0.360. The van der Waals surface area contributed by atoms with E-state index in [9.17, 15) is 18.0 Å². The number of benzene rings is 1. The Balaban J connectivity index is 1.63. The third-order valence-corrected chi connectivity index (χ3v) is 8.26. The lowest BCUT2D eigenvalue weighted by atomic mass is 10.0. The Kier molecular flexibility index (Phi) is 6.83. The summed E-state index contributed by atoms with van der Waals surface area (Å²) < 4.78 is 40.3. The first-order valence-electron chi connectivity index (χ1n) is 12.7. The van der Waals surface area contributed by atoms with Crippen molar-refractivity contribution in [3.8, 4) is 0 Å². The van der Waals surface area contributed by atoms with Crippen molar-refractivity contribution in [2.75, 3.05) is 13.1 Å². The van der Waals surface area contributed by atoms with Crippen molar-refractivity contribution < 1.29 is 27.5 Å². The van der Waals surface area contributed by atoms with E-state index in [1.54, 1.807) is 29.3 Å². The molecule has 4 heterocycles. The van der Waals surface area contributed by atoms with Crippen LogP contribution in [0.3, 0.4) is 0 Å². The van der Waals surface area contributed by atoms with Crippen molar-refractivity contribution in [1.82, 2.24) is 24.4 Å². The van der Waals surface area contributed by atoms with Gasteiger partial charge in [0.05, 0.1) is 10.4 Å². The maximum absolute atomic E-state index is 13.7. The minimum absolute atomic E-state index is 0.103. The highest BCUT2D eigenvalue weighted by Gasteiger charge is 2.33. The number of rotatable bonds is 5. The molecule has 0 atom stereocenters. The highest BCUT2D eigenvalue weighted by atomic mass is 32.2. The van der Waals surface area contributed by atoms with E-state index in [2.05, 4.69) is 9.97 Å². The van der Waals surface area contributed by atoms with E-state index in [-0.39, 0.29) is 34.2 Å². The number of aromatic amines is 1. The number of ether oxygens (including phenoxy) is 2. The van der Waals surface area contributed by atoms with Crippen LogP contribution in [0.1, 0.15) is 52.4 Å². The molecule has 4 aromatic rings. The van der Waals surface area contributed by atoms with E-state index < -0.39 is 21.4 Å². The Bertz CT molecular complexity index is 1640. The first-order chi connectivity index (χ1) is 18.5.